The number of esters is 2. The molecule has 0 aromatic carbocycles. The number of ether oxygens (including phenoxy) is 3. The molecule has 7 nitrogen and oxygen atoms in total. The molecular weight excluding hydrogens is 280 g/mol. The van der Waals surface area contributed by atoms with Crippen LogP contribution in [0.3, 0.4) is 0 Å². The van der Waals surface area contributed by atoms with Crippen LogP contribution in [0.2, 0.25) is 0 Å². The summed E-state index contributed by atoms with van der Waals surface area (Å²) in [6, 6.07) is 0. The average Bonchev–Trinajstić information content (AvgIpc) is 2.44. The van der Waals surface area contributed by atoms with Gasteiger partial charge in [0.25, 0.3) is 0 Å². The Labute approximate surface area is 124 Å². The Balaban J connectivity index is 0. The summed E-state index contributed by atoms with van der Waals surface area (Å²) in [7, 11) is 0. The number of aliphatic hydroxyl groups is 2. The highest BCUT2D eigenvalue weighted by molar-refractivity contribution is 5.87. The van der Waals surface area contributed by atoms with Crippen molar-refractivity contribution in [3.05, 3.63) is 24.3 Å². The summed E-state index contributed by atoms with van der Waals surface area (Å²) in [4.78, 5) is 21.7. The molecule has 0 radical (unpaired) electrons. The Morgan fingerprint density at radius 1 is 0.810 bits per heavy atom. The maximum Gasteiger partial charge on any atom is 0.333 e. The summed E-state index contributed by atoms with van der Waals surface area (Å²) in [6.07, 6.45) is 0. The molecule has 122 valence electrons. The number of hydrogen-bond donors (Lipinski definition) is 2. The first-order valence-corrected chi connectivity index (χ1v) is 6.31. The third-order valence-corrected chi connectivity index (χ3v) is 1.72. The van der Waals surface area contributed by atoms with Crippen molar-refractivity contribution in [1.29, 1.82) is 0 Å². The summed E-state index contributed by atoms with van der Waals surface area (Å²) >= 11 is 0. The molecule has 0 unspecified atom stereocenters. The molecule has 0 aliphatic carbocycles. The molecule has 0 atom stereocenters. The van der Waals surface area contributed by atoms with Crippen molar-refractivity contribution in [2.45, 2.75) is 13.8 Å². The third kappa shape index (κ3) is 16.2. The standard InChI is InChI=1S/C10H14O4.C4H10O3/c1-7(2)9(11)13-5-6-14-10(12)8(3)4;5-1-3-7-4-2-6/h1,3,5-6H2,2,4H3;5-6H,1-4H2. The fourth-order valence-corrected chi connectivity index (χ4v) is 0.746. The van der Waals surface area contributed by atoms with Crippen molar-refractivity contribution >= 4 is 11.9 Å². The molecule has 0 fully saturated rings. The van der Waals surface area contributed by atoms with E-state index in [9.17, 15) is 9.59 Å². The van der Waals surface area contributed by atoms with Crippen LogP contribution in [0.4, 0.5) is 0 Å². The van der Waals surface area contributed by atoms with E-state index in [1.54, 1.807) is 13.8 Å². The topological polar surface area (TPSA) is 102 Å². The van der Waals surface area contributed by atoms with Gasteiger partial charge in [-0.05, 0) is 13.8 Å². The highest BCUT2D eigenvalue weighted by Gasteiger charge is 2.05. The molecule has 21 heavy (non-hydrogen) atoms. The lowest BCUT2D eigenvalue weighted by Gasteiger charge is -2.05. The van der Waals surface area contributed by atoms with Gasteiger partial charge in [-0.2, -0.15) is 0 Å². The molecule has 0 saturated heterocycles. The van der Waals surface area contributed by atoms with E-state index >= 15 is 0 Å². The van der Waals surface area contributed by atoms with Gasteiger partial charge in [0.05, 0.1) is 26.4 Å². The predicted molar refractivity (Wildman–Crippen MR) is 76.5 cm³/mol. The Hall–Kier alpha value is -1.70. The van der Waals surface area contributed by atoms with Crippen molar-refractivity contribution < 1.29 is 34.0 Å². The lowest BCUT2D eigenvalue weighted by atomic mass is 10.4. The minimum atomic E-state index is -0.489. The molecule has 0 aliphatic heterocycles. The molecular formula is C14H24O7. The zero-order valence-corrected chi connectivity index (χ0v) is 12.6. The zero-order chi connectivity index (χ0) is 16.7. The van der Waals surface area contributed by atoms with Crippen LogP contribution in [-0.4, -0.2) is 61.8 Å². The number of rotatable bonds is 9. The van der Waals surface area contributed by atoms with E-state index in [-0.39, 0.29) is 26.4 Å². The number of carbonyl (C=O) groups is 2. The van der Waals surface area contributed by atoms with Gasteiger partial charge in [-0.25, -0.2) is 9.59 Å². The van der Waals surface area contributed by atoms with Crippen LogP contribution >= 0.6 is 0 Å². The average molecular weight is 304 g/mol. The molecule has 0 rings (SSSR count). The number of carbonyl (C=O) groups excluding carboxylic acids is 2. The van der Waals surface area contributed by atoms with Gasteiger partial charge in [0.2, 0.25) is 0 Å². The molecule has 0 aromatic heterocycles. The second kappa shape index (κ2) is 14.7. The highest BCUT2D eigenvalue weighted by atomic mass is 16.6. The van der Waals surface area contributed by atoms with Gasteiger partial charge in [0, 0.05) is 11.1 Å². The van der Waals surface area contributed by atoms with Crippen LogP contribution in [0.1, 0.15) is 13.8 Å². The zero-order valence-electron chi connectivity index (χ0n) is 12.6. The quantitative estimate of drug-likeness (QED) is 0.357. The SMILES string of the molecule is C=C(C)C(=O)OCCOC(=O)C(=C)C.OCCOCCO. The van der Waals surface area contributed by atoms with Gasteiger partial charge in [-0.3, -0.25) is 0 Å². The first-order valence-electron chi connectivity index (χ1n) is 6.31. The van der Waals surface area contributed by atoms with Crippen LogP contribution in [-0.2, 0) is 23.8 Å². The van der Waals surface area contributed by atoms with Gasteiger partial charge in [-0.1, -0.05) is 13.2 Å². The number of hydrogen-bond acceptors (Lipinski definition) is 7. The molecule has 0 bridgehead atoms. The van der Waals surface area contributed by atoms with E-state index in [0.29, 0.717) is 24.4 Å². The highest BCUT2D eigenvalue weighted by Crippen LogP contribution is 1.94. The molecule has 0 saturated carbocycles. The largest absolute Gasteiger partial charge is 0.459 e. The van der Waals surface area contributed by atoms with E-state index in [1.165, 1.54) is 0 Å². The summed E-state index contributed by atoms with van der Waals surface area (Å²) in [6.45, 7) is 10.6. The van der Waals surface area contributed by atoms with Gasteiger partial charge in [0.15, 0.2) is 0 Å². The van der Waals surface area contributed by atoms with Crippen molar-refractivity contribution in [1.82, 2.24) is 0 Å². The normalized spacial score (nSPS) is 9.14. The molecule has 0 aromatic rings. The summed E-state index contributed by atoms with van der Waals surface area (Å²) < 4.78 is 14.0. The van der Waals surface area contributed by atoms with E-state index in [0.717, 1.165) is 0 Å². The molecule has 0 aliphatic rings. The second-order valence-corrected chi connectivity index (χ2v) is 3.89. The minimum Gasteiger partial charge on any atom is -0.459 e. The molecule has 0 amide bonds. The van der Waals surface area contributed by atoms with Crippen molar-refractivity contribution in [3.63, 3.8) is 0 Å². The van der Waals surface area contributed by atoms with Gasteiger partial charge < -0.3 is 24.4 Å². The van der Waals surface area contributed by atoms with Gasteiger partial charge in [0.1, 0.15) is 13.2 Å². The lowest BCUT2D eigenvalue weighted by molar-refractivity contribution is -0.147. The molecule has 2 N–H and O–H groups in total. The Bertz CT molecular complexity index is 304. The minimum absolute atomic E-state index is 0.0278. The van der Waals surface area contributed by atoms with Crippen molar-refractivity contribution in [2.24, 2.45) is 0 Å². The van der Waals surface area contributed by atoms with E-state index in [1.807, 2.05) is 0 Å². The monoisotopic (exact) mass is 304 g/mol. The molecule has 0 heterocycles. The predicted octanol–water partition coefficient (Wildman–Crippen LogP) is 0.213. The van der Waals surface area contributed by atoms with Crippen LogP contribution in [0.25, 0.3) is 0 Å². The summed E-state index contributed by atoms with van der Waals surface area (Å²) in [5.74, 6) is -0.979. The smallest absolute Gasteiger partial charge is 0.333 e. The van der Waals surface area contributed by atoms with Crippen LogP contribution in [0.15, 0.2) is 24.3 Å². The number of aliphatic hydroxyl groups excluding tert-OH is 2. The molecule has 7 heteroatoms. The van der Waals surface area contributed by atoms with Crippen molar-refractivity contribution in [3.8, 4) is 0 Å². The Morgan fingerprint density at radius 3 is 1.38 bits per heavy atom. The van der Waals surface area contributed by atoms with Crippen LogP contribution in [0, 0.1) is 0 Å². The third-order valence-electron chi connectivity index (χ3n) is 1.72. The van der Waals surface area contributed by atoms with E-state index in [2.05, 4.69) is 27.4 Å². The first kappa shape index (κ1) is 21.6. The summed E-state index contributed by atoms with van der Waals surface area (Å²) in [5.41, 5.74) is 0.632. The maximum atomic E-state index is 10.8. The van der Waals surface area contributed by atoms with E-state index < -0.39 is 11.9 Å². The van der Waals surface area contributed by atoms with Crippen molar-refractivity contribution in [2.75, 3.05) is 39.6 Å². The molecule has 0 spiro atoms. The van der Waals surface area contributed by atoms with Gasteiger partial charge in [-0.15, -0.1) is 0 Å². The summed E-state index contributed by atoms with van der Waals surface area (Å²) in [5, 5.41) is 16.2. The Morgan fingerprint density at radius 2 is 1.14 bits per heavy atom. The van der Waals surface area contributed by atoms with Crippen LogP contribution < -0.4 is 0 Å². The maximum absolute atomic E-state index is 10.8. The second-order valence-electron chi connectivity index (χ2n) is 3.89. The van der Waals surface area contributed by atoms with Crippen LogP contribution in [0.5, 0.6) is 0 Å². The fourth-order valence-electron chi connectivity index (χ4n) is 0.746. The lowest BCUT2D eigenvalue weighted by Crippen LogP contribution is -2.14. The Kier molecular flexibility index (Phi) is 15.1. The van der Waals surface area contributed by atoms with E-state index in [4.69, 9.17) is 10.2 Å². The van der Waals surface area contributed by atoms with Gasteiger partial charge >= 0.3 is 11.9 Å². The first-order chi connectivity index (χ1) is 9.86. The fraction of sp³-hybridized carbons (Fsp3) is 0.571.